The van der Waals surface area contributed by atoms with Crippen LogP contribution in [0.4, 0.5) is 0 Å². The van der Waals surface area contributed by atoms with Crippen molar-refractivity contribution in [3.8, 4) is 0 Å². The van der Waals surface area contributed by atoms with Gasteiger partial charge >= 0.3 is 5.97 Å². The van der Waals surface area contributed by atoms with Gasteiger partial charge in [-0.15, -0.1) is 0 Å². The predicted molar refractivity (Wildman–Crippen MR) is 57.3 cm³/mol. The predicted octanol–water partition coefficient (Wildman–Crippen LogP) is 2.62. The lowest BCUT2D eigenvalue weighted by atomic mass is 10.0. The van der Waals surface area contributed by atoms with Crippen LogP contribution in [0.2, 0.25) is 0 Å². The Kier molecular flexibility index (Phi) is 4.31. The highest BCUT2D eigenvalue weighted by atomic mass is 17.2. The first-order valence-electron chi connectivity index (χ1n) is 4.86. The third-order valence-electron chi connectivity index (χ3n) is 2.19. The molecule has 0 aliphatic carbocycles. The van der Waals surface area contributed by atoms with E-state index in [0.29, 0.717) is 18.6 Å². The van der Waals surface area contributed by atoms with Gasteiger partial charge < -0.3 is 0 Å². The van der Waals surface area contributed by atoms with E-state index in [4.69, 9.17) is 0 Å². The highest BCUT2D eigenvalue weighted by Crippen LogP contribution is 2.13. The van der Waals surface area contributed by atoms with Crippen LogP contribution in [-0.2, 0) is 9.78 Å². The molecule has 0 bridgehead atoms. The van der Waals surface area contributed by atoms with E-state index in [1.165, 1.54) is 0 Å². The lowest BCUT2D eigenvalue weighted by Gasteiger charge is -2.06. The van der Waals surface area contributed by atoms with Crippen molar-refractivity contribution in [1.82, 2.24) is 0 Å². The summed E-state index contributed by atoms with van der Waals surface area (Å²) < 4.78 is 0. The molecule has 1 radical (unpaired) electrons. The van der Waals surface area contributed by atoms with Crippen LogP contribution in [0.3, 0.4) is 0 Å². The Bertz CT molecular complexity index is 345. The first-order valence-corrected chi connectivity index (χ1v) is 4.86. The zero-order valence-corrected chi connectivity index (χ0v) is 9.08. The molecule has 1 aromatic carbocycles. The molecular formula is C12H15O3. The molecule has 0 spiro atoms. The molecule has 0 aliphatic rings. The first-order chi connectivity index (χ1) is 7.16. The van der Waals surface area contributed by atoms with Gasteiger partial charge in [0.25, 0.3) is 0 Å². The maximum absolute atomic E-state index is 11.5. The molecule has 0 saturated carbocycles. The minimum absolute atomic E-state index is 0.316. The molecule has 0 saturated heterocycles. The molecule has 0 fully saturated rings. The van der Waals surface area contributed by atoms with Gasteiger partial charge in [0.1, 0.15) is 0 Å². The standard InChI is InChI=1S/C12H15O3/c1-4-8-14-15-12(13)11-7-5-6-9(2)10(11)3/h5-7H,1,4,8H2,2-3H3. The molecule has 0 atom stereocenters. The van der Waals surface area contributed by atoms with Crippen molar-refractivity contribution < 1.29 is 14.6 Å². The van der Waals surface area contributed by atoms with Crippen LogP contribution >= 0.6 is 0 Å². The summed E-state index contributed by atoms with van der Waals surface area (Å²) in [5.74, 6) is -0.454. The van der Waals surface area contributed by atoms with E-state index in [-0.39, 0.29) is 0 Å². The number of aryl methyl sites for hydroxylation is 1. The summed E-state index contributed by atoms with van der Waals surface area (Å²) in [5, 5.41) is 0. The molecule has 15 heavy (non-hydrogen) atoms. The number of carbonyl (C=O) groups excluding carboxylic acids is 1. The fourth-order valence-corrected chi connectivity index (χ4v) is 1.17. The molecule has 0 unspecified atom stereocenters. The van der Waals surface area contributed by atoms with E-state index >= 15 is 0 Å². The molecule has 0 aromatic heterocycles. The van der Waals surface area contributed by atoms with Gasteiger partial charge in [-0.25, -0.2) is 4.79 Å². The summed E-state index contributed by atoms with van der Waals surface area (Å²) in [6.45, 7) is 7.72. The van der Waals surface area contributed by atoms with Crippen molar-refractivity contribution in [2.75, 3.05) is 6.61 Å². The number of benzene rings is 1. The maximum atomic E-state index is 11.5. The molecular weight excluding hydrogens is 192 g/mol. The second-order valence-corrected chi connectivity index (χ2v) is 3.29. The molecule has 3 heteroatoms. The Morgan fingerprint density at radius 2 is 2.13 bits per heavy atom. The Balaban J connectivity index is 2.69. The summed E-state index contributed by atoms with van der Waals surface area (Å²) in [4.78, 5) is 20.8. The minimum Gasteiger partial charge on any atom is -0.293 e. The average molecular weight is 207 g/mol. The van der Waals surface area contributed by atoms with E-state index in [1.807, 2.05) is 26.0 Å². The number of hydrogen-bond acceptors (Lipinski definition) is 3. The number of hydrogen-bond donors (Lipinski definition) is 0. The van der Waals surface area contributed by atoms with E-state index in [1.54, 1.807) is 6.07 Å². The van der Waals surface area contributed by atoms with E-state index in [2.05, 4.69) is 16.7 Å². The van der Waals surface area contributed by atoms with Gasteiger partial charge in [0.05, 0.1) is 12.2 Å². The minimum atomic E-state index is -0.454. The first kappa shape index (κ1) is 11.7. The Morgan fingerprint density at radius 1 is 1.40 bits per heavy atom. The van der Waals surface area contributed by atoms with Crippen molar-refractivity contribution in [3.05, 3.63) is 41.8 Å². The second kappa shape index (κ2) is 5.51. The van der Waals surface area contributed by atoms with Crippen LogP contribution in [0.25, 0.3) is 0 Å². The van der Waals surface area contributed by atoms with Gasteiger partial charge in [0, 0.05) is 0 Å². The summed E-state index contributed by atoms with van der Waals surface area (Å²) >= 11 is 0. The van der Waals surface area contributed by atoms with Crippen LogP contribution in [0.15, 0.2) is 18.2 Å². The normalized spacial score (nSPS) is 10.1. The SMILES string of the molecule is [CH2]CCOOC(=O)c1cccc(C)c1C. The van der Waals surface area contributed by atoms with Crippen LogP contribution in [0, 0.1) is 20.8 Å². The smallest absolute Gasteiger partial charge is 0.293 e. The molecule has 0 heterocycles. The van der Waals surface area contributed by atoms with Crippen molar-refractivity contribution >= 4 is 5.97 Å². The largest absolute Gasteiger partial charge is 0.373 e. The Labute approximate surface area is 89.9 Å². The highest BCUT2D eigenvalue weighted by Gasteiger charge is 2.12. The summed E-state index contributed by atoms with van der Waals surface area (Å²) in [6.07, 6.45) is 0.570. The summed E-state index contributed by atoms with van der Waals surface area (Å²) in [5.41, 5.74) is 2.52. The topological polar surface area (TPSA) is 35.5 Å². The third-order valence-corrected chi connectivity index (χ3v) is 2.19. The zero-order chi connectivity index (χ0) is 11.3. The van der Waals surface area contributed by atoms with Gasteiger partial charge in [0.15, 0.2) is 0 Å². The lowest BCUT2D eigenvalue weighted by Crippen LogP contribution is -2.08. The van der Waals surface area contributed by atoms with Crippen LogP contribution in [0.5, 0.6) is 0 Å². The molecule has 0 amide bonds. The van der Waals surface area contributed by atoms with Crippen molar-refractivity contribution in [3.63, 3.8) is 0 Å². The maximum Gasteiger partial charge on any atom is 0.373 e. The van der Waals surface area contributed by atoms with Crippen LogP contribution in [-0.4, -0.2) is 12.6 Å². The van der Waals surface area contributed by atoms with Crippen molar-refractivity contribution in [2.24, 2.45) is 0 Å². The second-order valence-electron chi connectivity index (χ2n) is 3.29. The van der Waals surface area contributed by atoms with E-state index < -0.39 is 5.97 Å². The van der Waals surface area contributed by atoms with Gasteiger partial charge in [0.2, 0.25) is 0 Å². The number of rotatable bonds is 4. The summed E-state index contributed by atoms with van der Waals surface area (Å²) in [7, 11) is 0. The zero-order valence-electron chi connectivity index (χ0n) is 9.08. The summed E-state index contributed by atoms with van der Waals surface area (Å²) in [6, 6.07) is 5.49. The van der Waals surface area contributed by atoms with Crippen LogP contribution < -0.4 is 0 Å². The van der Waals surface area contributed by atoms with Crippen molar-refractivity contribution in [1.29, 1.82) is 0 Å². The fraction of sp³-hybridized carbons (Fsp3) is 0.333. The monoisotopic (exact) mass is 207 g/mol. The molecule has 0 N–H and O–H groups in total. The fourth-order valence-electron chi connectivity index (χ4n) is 1.17. The molecule has 81 valence electrons. The van der Waals surface area contributed by atoms with Crippen LogP contribution in [0.1, 0.15) is 27.9 Å². The molecule has 1 rings (SSSR count). The molecule has 0 aliphatic heterocycles. The van der Waals surface area contributed by atoms with Gasteiger partial charge in [-0.2, -0.15) is 4.89 Å². The quantitative estimate of drug-likeness (QED) is 0.432. The number of carbonyl (C=O) groups is 1. The van der Waals surface area contributed by atoms with E-state index in [0.717, 1.165) is 11.1 Å². The molecule has 1 aromatic rings. The Morgan fingerprint density at radius 3 is 2.80 bits per heavy atom. The average Bonchev–Trinajstić information content (AvgIpc) is 2.22. The van der Waals surface area contributed by atoms with Gasteiger partial charge in [-0.3, -0.25) is 4.89 Å². The van der Waals surface area contributed by atoms with Gasteiger partial charge in [-0.1, -0.05) is 19.1 Å². The Hall–Kier alpha value is -1.35. The highest BCUT2D eigenvalue weighted by molar-refractivity contribution is 5.90. The van der Waals surface area contributed by atoms with E-state index in [9.17, 15) is 4.79 Å². The lowest BCUT2D eigenvalue weighted by molar-refractivity contribution is -0.239. The molecule has 3 nitrogen and oxygen atoms in total. The van der Waals surface area contributed by atoms with Gasteiger partial charge in [-0.05, 0) is 37.5 Å². The third kappa shape index (κ3) is 3.06. The van der Waals surface area contributed by atoms with Crippen molar-refractivity contribution in [2.45, 2.75) is 20.3 Å².